The van der Waals surface area contributed by atoms with Gasteiger partial charge in [-0.15, -0.1) is 0 Å². The number of likely N-dealkylation sites (tertiary alicyclic amines) is 1. The molecule has 0 saturated carbocycles. The molecule has 1 amide bonds. The topological polar surface area (TPSA) is 38.8 Å². The molecule has 0 bridgehead atoms. The van der Waals surface area contributed by atoms with Crippen LogP contribution in [0.25, 0.3) is 0 Å². The second-order valence-electron chi connectivity index (χ2n) is 9.77. The molecule has 5 rings (SSSR count). The summed E-state index contributed by atoms with van der Waals surface area (Å²) in [5.74, 6) is -1.01. The van der Waals surface area contributed by atoms with Crippen LogP contribution in [0.4, 0.5) is 14.5 Å². The van der Waals surface area contributed by atoms with Crippen LogP contribution < -0.4 is 10.2 Å². The first kappa shape index (κ1) is 25.6. The van der Waals surface area contributed by atoms with Crippen LogP contribution in [0, 0.1) is 11.6 Å². The van der Waals surface area contributed by atoms with Gasteiger partial charge >= 0.3 is 0 Å². The van der Waals surface area contributed by atoms with Crippen LogP contribution in [0.3, 0.4) is 0 Å². The quantitative estimate of drug-likeness (QED) is 0.486. The summed E-state index contributed by atoms with van der Waals surface area (Å²) in [5, 5.41) is 4.11. The molecule has 3 aromatic carbocycles. The number of carbonyl (C=O) groups excluding carboxylic acids is 1. The maximum Gasteiger partial charge on any atom is 0.240 e. The van der Waals surface area contributed by atoms with Gasteiger partial charge in [-0.1, -0.05) is 54.1 Å². The standard InChI is InChI=1S/C29H31ClF2N4O/c30-23-7-4-8-26(15-23)34-11-13-35(14-12-34)29(37)28-17-25(20-36(28)19-21-5-2-1-3-6-21)33-18-22-9-10-24(31)16-27(22)32/h1-10,15-16,25,28,33H,11-14,17-20H2/t25-,28-/m0/s1. The zero-order chi connectivity index (χ0) is 25.8. The van der Waals surface area contributed by atoms with E-state index in [0.717, 1.165) is 30.4 Å². The van der Waals surface area contributed by atoms with Gasteiger partial charge in [0, 0.05) is 74.2 Å². The molecule has 0 aliphatic carbocycles. The van der Waals surface area contributed by atoms with E-state index >= 15 is 0 Å². The van der Waals surface area contributed by atoms with E-state index in [1.807, 2.05) is 47.4 Å². The monoisotopic (exact) mass is 524 g/mol. The summed E-state index contributed by atoms with van der Waals surface area (Å²) >= 11 is 6.17. The van der Waals surface area contributed by atoms with Crippen LogP contribution in [-0.2, 0) is 17.9 Å². The zero-order valence-electron chi connectivity index (χ0n) is 20.6. The minimum absolute atomic E-state index is 0.0230. The Kier molecular flexibility index (Phi) is 8.03. The molecule has 2 fully saturated rings. The molecule has 3 aromatic rings. The van der Waals surface area contributed by atoms with Gasteiger partial charge in [0.2, 0.25) is 5.91 Å². The summed E-state index contributed by atoms with van der Waals surface area (Å²) in [6, 6.07) is 21.3. The molecule has 2 atom stereocenters. The minimum Gasteiger partial charge on any atom is -0.368 e. The molecule has 1 N–H and O–H groups in total. The van der Waals surface area contributed by atoms with Crippen molar-refractivity contribution in [1.82, 2.24) is 15.1 Å². The predicted molar refractivity (Wildman–Crippen MR) is 142 cm³/mol. The molecular weight excluding hydrogens is 494 g/mol. The Morgan fingerprint density at radius 2 is 1.73 bits per heavy atom. The summed E-state index contributed by atoms with van der Waals surface area (Å²) in [6.07, 6.45) is 0.642. The average Bonchev–Trinajstić information content (AvgIpc) is 3.31. The van der Waals surface area contributed by atoms with Crippen molar-refractivity contribution in [3.05, 3.63) is 101 Å². The Balaban J connectivity index is 1.24. The van der Waals surface area contributed by atoms with Crippen LogP contribution in [0.15, 0.2) is 72.8 Å². The van der Waals surface area contributed by atoms with Gasteiger partial charge in [-0.05, 0) is 36.2 Å². The van der Waals surface area contributed by atoms with Gasteiger partial charge in [-0.3, -0.25) is 9.69 Å². The molecule has 0 unspecified atom stereocenters. The Morgan fingerprint density at radius 3 is 2.46 bits per heavy atom. The average molecular weight is 525 g/mol. The molecule has 0 aromatic heterocycles. The lowest BCUT2D eigenvalue weighted by molar-refractivity contribution is -0.136. The molecular formula is C29H31ClF2N4O. The molecule has 194 valence electrons. The van der Waals surface area contributed by atoms with E-state index in [2.05, 4.69) is 27.2 Å². The number of nitrogens with zero attached hydrogens (tertiary/aromatic N) is 3. The third-order valence-corrected chi connectivity index (χ3v) is 7.51. The van der Waals surface area contributed by atoms with E-state index < -0.39 is 11.6 Å². The van der Waals surface area contributed by atoms with Gasteiger partial charge in [-0.2, -0.15) is 0 Å². The minimum atomic E-state index is -0.586. The molecule has 2 heterocycles. The highest BCUT2D eigenvalue weighted by Gasteiger charge is 2.39. The number of amides is 1. The largest absolute Gasteiger partial charge is 0.368 e. The van der Waals surface area contributed by atoms with Gasteiger partial charge in [0.25, 0.3) is 0 Å². The summed E-state index contributed by atoms with van der Waals surface area (Å²) in [7, 11) is 0. The van der Waals surface area contributed by atoms with Crippen molar-refractivity contribution >= 4 is 23.2 Å². The van der Waals surface area contributed by atoms with E-state index in [1.54, 1.807) is 0 Å². The summed E-state index contributed by atoms with van der Waals surface area (Å²) in [4.78, 5) is 20.2. The molecule has 37 heavy (non-hydrogen) atoms. The second kappa shape index (κ2) is 11.6. The fraction of sp³-hybridized carbons (Fsp3) is 0.345. The van der Waals surface area contributed by atoms with E-state index in [0.29, 0.717) is 43.2 Å². The predicted octanol–water partition coefficient (Wildman–Crippen LogP) is 4.70. The third kappa shape index (κ3) is 6.29. The van der Waals surface area contributed by atoms with Crippen molar-refractivity contribution in [2.24, 2.45) is 0 Å². The van der Waals surface area contributed by atoms with E-state index in [9.17, 15) is 13.6 Å². The fourth-order valence-corrected chi connectivity index (χ4v) is 5.47. The first-order valence-electron chi connectivity index (χ1n) is 12.7. The number of hydrogen-bond donors (Lipinski definition) is 1. The summed E-state index contributed by atoms with van der Waals surface area (Å²) in [5.41, 5.74) is 2.64. The van der Waals surface area contributed by atoms with Gasteiger partial charge in [0.15, 0.2) is 0 Å². The zero-order valence-corrected chi connectivity index (χ0v) is 21.4. The summed E-state index contributed by atoms with van der Waals surface area (Å²) < 4.78 is 27.4. The van der Waals surface area contributed by atoms with Crippen LogP contribution in [0.1, 0.15) is 17.5 Å². The maximum absolute atomic E-state index is 14.2. The highest BCUT2D eigenvalue weighted by molar-refractivity contribution is 6.30. The number of anilines is 1. The lowest BCUT2D eigenvalue weighted by Gasteiger charge is -2.38. The maximum atomic E-state index is 14.2. The molecule has 5 nitrogen and oxygen atoms in total. The van der Waals surface area contributed by atoms with Crippen LogP contribution in [0.5, 0.6) is 0 Å². The van der Waals surface area contributed by atoms with E-state index in [1.165, 1.54) is 12.1 Å². The number of halogens is 3. The Bertz CT molecular complexity index is 1220. The summed E-state index contributed by atoms with van der Waals surface area (Å²) in [6.45, 7) is 4.44. The Hall–Kier alpha value is -3.00. The van der Waals surface area contributed by atoms with Crippen LogP contribution in [-0.4, -0.2) is 60.5 Å². The van der Waals surface area contributed by atoms with Crippen molar-refractivity contribution < 1.29 is 13.6 Å². The van der Waals surface area contributed by atoms with Crippen molar-refractivity contribution in [3.8, 4) is 0 Å². The van der Waals surface area contributed by atoms with Gasteiger partial charge in [0.1, 0.15) is 11.6 Å². The van der Waals surface area contributed by atoms with Crippen LogP contribution in [0.2, 0.25) is 5.02 Å². The molecule has 0 spiro atoms. The number of carbonyl (C=O) groups is 1. The SMILES string of the molecule is O=C([C@@H]1C[C@H](NCc2ccc(F)cc2F)CN1Cc1ccccc1)N1CCN(c2cccc(Cl)c2)CC1. The molecule has 8 heteroatoms. The highest BCUT2D eigenvalue weighted by Crippen LogP contribution is 2.25. The van der Waals surface area contributed by atoms with Gasteiger partial charge < -0.3 is 15.1 Å². The lowest BCUT2D eigenvalue weighted by atomic mass is 10.1. The van der Waals surface area contributed by atoms with Gasteiger partial charge in [-0.25, -0.2) is 8.78 Å². The molecule has 2 aliphatic heterocycles. The van der Waals surface area contributed by atoms with E-state index in [4.69, 9.17) is 11.6 Å². The van der Waals surface area contributed by atoms with E-state index in [-0.39, 0.29) is 24.5 Å². The number of benzene rings is 3. The first-order chi connectivity index (χ1) is 18.0. The van der Waals surface area contributed by atoms with Crippen molar-refractivity contribution in [1.29, 1.82) is 0 Å². The molecule has 0 radical (unpaired) electrons. The van der Waals surface area contributed by atoms with Crippen molar-refractivity contribution in [2.45, 2.75) is 31.6 Å². The number of rotatable bonds is 7. The van der Waals surface area contributed by atoms with Crippen LogP contribution >= 0.6 is 11.6 Å². The Labute approximate surface area is 221 Å². The smallest absolute Gasteiger partial charge is 0.240 e. The number of piperazine rings is 1. The Morgan fingerprint density at radius 1 is 0.946 bits per heavy atom. The second-order valence-corrected chi connectivity index (χ2v) is 10.2. The number of hydrogen-bond acceptors (Lipinski definition) is 4. The highest BCUT2D eigenvalue weighted by atomic mass is 35.5. The first-order valence-corrected chi connectivity index (χ1v) is 13.1. The fourth-order valence-electron chi connectivity index (χ4n) is 5.29. The molecule has 2 aliphatic rings. The third-order valence-electron chi connectivity index (χ3n) is 7.28. The number of nitrogens with one attached hydrogen (secondary N) is 1. The lowest BCUT2D eigenvalue weighted by Crippen LogP contribution is -2.53. The van der Waals surface area contributed by atoms with Crippen molar-refractivity contribution in [2.75, 3.05) is 37.6 Å². The van der Waals surface area contributed by atoms with Gasteiger partial charge in [0.05, 0.1) is 6.04 Å². The molecule has 2 saturated heterocycles. The van der Waals surface area contributed by atoms with Crippen molar-refractivity contribution in [3.63, 3.8) is 0 Å². The normalized spacial score (nSPS) is 20.4.